The van der Waals surface area contributed by atoms with Crippen molar-refractivity contribution in [2.24, 2.45) is 5.92 Å². The van der Waals surface area contributed by atoms with E-state index in [9.17, 15) is 9.59 Å². The topological polar surface area (TPSA) is 57.6 Å². The molecule has 6 heteroatoms. The van der Waals surface area contributed by atoms with Crippen LogP contribution in [-0.4, -0.2) is 35.0 Å². The van der Waals surface area contributed by atoms with Crippen LogP contribution in [0.4, 0.5) is 0 Å². The Morgan fingerprint density at radius 2 is 1.90 bits per heavy atom. The van der Waals surface area contributed by atoms with Crippen molar-refractivity contribution in [1.29, 1.82) is 0 Å². The molecule has 0 aliphatic carbocycles. The smallest absolute Gasteiger partial charge is 0.303 e. The second-order valence-electron chi connectivity index (χ2n) is 5.29. The van der Waals surface area contributed by atoms with Crippen molar-refractivity contribution >= 4 is 43.7 Å². The molecule has 0 aromatic heterocycles. The summed E-state index contributed by atoms with van der Waals surface area (Å²) in [5.41, 5.74) is 0.661. The van der Waals surface area contributed by atoms with Crippen molar-refractivity contribution in [3.8, 4) is 0 Å². The summed E-state index contributed by atoms with van der Waals surface area (Å²) < 4.78 is 1.68. The lowest BCUT2D eigenvalue weighted by Crippen LogP contribution is -2.38. The highest BCUT2D eigenvalue weighted by molar-refractivity contribution is 9.11. The van der Waals surface area contributed by atoms with Crippen LogP contribution in [0.2, 0.25) is 0 Å². The van der Waals surface area contributed by atoms with Gasteiger partial charge in [0.15, 0.2) is 0 Å². The van der Waals surface area contributed by atoms with E-state index in [2.05, 4.69) is 31.9 Å². The number of carboxylic acids is 1. The normalized spacial score (nSPS) is 16.0. The molecule has 21 heavy (non-hydrogen) atoms. The first-order chi connectivity index (χ1) is 9.97. The fourth-order valence-electron chi connectivity index (χ4n) is 2.58. The quantitative estimate of drug-likeness (QED) is 0.805. The number of carbonyl (C=O) groups is 2. The molecule has 1 saturated heterocycles. The molecule has 1 aliphatic rings. The van der Waals surface area contributed by atoms with Gasteiger partial charge in [-0.1, -0.05) is 15.9 Å². The van der Waals surface area contributed by atoms with Gasteiger partial charge in [0.1, 0.15) is 0 Å². The van der Waals surface area contributed by atoms with E-state index < -0.39 is 5.97 Å². The van der Waals surface area contributed by atoms with Crippen molar-refractivity contribution in [1.82, 2.24) is 4.90 Å². The Balaban J connectivity index is 1.94. The second-order valence-corrected chi connectivity index (χ2v) is 7.06. The zero-order valence-corrected chi connectivity index (χ0v) is 14.7. The predicted octanol–water partition coefficient (Wildman–Crippen LogP) is 3.93. The van der Waals surface area contributed by atoms with Crippen LogP contribution in [0.5, 0.6) is 0 Å². The largest absolute Gasteiger partial charge is 0.481 e. The third kappa shape index (κ3) is 4.54. The molecule has 1 aromatic carbocycles. The molecule has 0 bridgehead atoms. The number of halogens is 2. The zero-order chi connectivity index (χ0) is 15.4. The van der Waals surface area contributed by atoms with Crippen LogP contribution in [0, 0.1) is 5.92 Å². The van der Waals surface area contributed by atoms with Gasteiger partial charge in [0.2, 0.25) is 0 Å². The zero-order valence-electron chi connectivity index (χ0n) is 11.5. The fraction of sp³-hybridized carbons (Fsp3) is 0.467. The molecule has 1 aromatic rings. The SMILES string of the molecule is O=C(O)CCC1CCN(C(=O)c2cc(Br)ccc2Br)CC1. The van der Waals surface area contributed by atoms with Gasteiger partial charge in [-0.25, -0.2) is 0 Å². The molecule has 2 rings (SSSR count). The molecule has 1 amide bonds. The van der Waals surface area contributed by atoms with E-state index >= 15 is 0 Å². The Kier molecular flexibility index (Phi) is 5.81. The van der Waals surface area contributed by atoms with Gasteiger partial charge in [0, 0.05) is 28.5 Å². The first-order valence-corrected chi connectivity index (χ1v) is 8.52. The van der Waals surface area contributed by atoms with Crippen LogP contribution in [0.1, 0.15) is 36.0 Å². The van der Waals surface area contributed by atoms with Crippen LogP contribution in [0.25, 0.3) is 0 Å². The molecule has 0 radical (unpaired) electrons. The highest BCUT2D eigenvalue weighted by atomic mass is 79.9. The average Bonchev–Trinajstić information content (AvgIpc) is 2.47. The van der Waals surface area contributed by atoms with Gasteiger partial charge in [-0.05, 0) is 59.3 Å². The number of likely N-dealkylation sites (tertiary alicyclic amines) is 1. The Labute approximate surface area is 140 Å². The molecule has 1 aliphatic heterocycles. The van der Waals surface area contributed by atoms with Crippen molar-refractivity contribution in [3.63, 3.8) is 0 Å². The van der Waals surface area contributed by atoms with Gasteiger partial charge in [-0.3, -0.25) is 9.59 Å². The van der Waals surface area contributed by atoms with Gasteiger partial charge in [0.05, 0.1) is 5.56 Å². The van der Waals surface area contributed by atoms with E-state index in [-0.39, 0.29) is 12.3 Å². The maximum Gasteiger partial charge on any atom is 0.303 e. The standard InChI is InChI=1S/C15H17Br2NO3/c16-11-2-3-13(17)12(9-11)15(21)18-7-5-10(6-8-18)1-4-14(19)20/h2-3,9-10H,1,4-8H2,(H,19,20). The lowest BCUT2D eigenvalue weighted by Gasteiger charge is -2.32. The highest BCUT2D eigenvalue weighted by Gasteiger charge is 2.25. The maximum absolute atomic E-state index is 12.5. The summed E-state index contributed by atoms with van der Waals surface area (Å²) in [7, 11) is 0. The first-order valence-electron chi connectivity index (χ1n) is 6.93. The molecule has 0 atom stereocenters. The summed E-state index contributed by atoms with van der Waals surface area (Å²) >= 11 is 6.80. The molecule has 1 N–H and O–H groups in total. The monoisotopic (exact) mass is 417 g/mol. The lowest BCUT2D eigenvalue weighted by atomic mass is 9.92. The molecule has 1 heterocycles. The Morgan fingerprint density at radius 1 is 1.24 bits per heavy atom. The van der Waals surface area contributed by atoms with Gasteiger partial charge in [0.25, 0.3) is 5.91 Å². The summed E-state index contributed by atoms with van der Waals surface area (Å²) in [6, 6.07) is 5.57. The first kappa shape index (κ1) is 16.5. The van der Waals surface area contributed by atoms with E-state index in [4.69, 9.17) is 5.11 Å². The second kappa shape index (κ2) is 7.40. The van der Waals surface area contributed by atoms with Crippen LogP contribution in [-0.2, 0) is 4.79 Å². The van der Waals surface area contributed by atoms with Gasteiger partial charge in [-0.2, -0.15) is 0 Å². The third-order valence-corrected chi connectivity index (χ3v) is 5.01. The molecule has 0 spiro atoms. The third-order valence-electron chi connectivity index (χ3n) is 3.83. The lowest BCUT2D eigenvalue weighted by molar-refractivity contribution is -0.137. The summed E-state index contributed by atoms with van der Waals surface area (Å²) in [4.78, 5) is 25.0. The van der Waals surface area contributed by atoms with Crippen LogP contribution in [0.3, 0.4) is 0 Å². The van der Waals surface area contributed by atoms with Crippen LogP contribution >= 0.6 is 31.9 Å². The van der Waals surface area contributed by atoms with Crippen LogP contribution in [0.15, 0.2) is 27.1 Å². The molecular formula is C15H17Br2NO3. The van der Waals surface area contributed by atoms with E-state index in [1.807, 2.05) is 23.1 Å². The van der Waals surface area contributed by atoms with E-state index in [0.717, 1.165) is 21.8 Å². The Hall–Kier alpha value is -0.880. The molecule has 114 valence electrons. The number of nitrogens with zero attached hydrogens (tertiary/aromatic N) is 1. The number of aliphatic carboxylic acids is 1. The fourth-order valence-corrected chi connectivity index (χ4v) is 3.36. The molecule has 1 fully saturated rings. The number of carbonyl (C=O) groups excluding carboxylic acids is 1. The van der Waals surface area contributed by atoms with Gasteiger partial charge < -0.3 is 10.0 Å². The Bertz CT molecular complexity index is 540. The predicted molar refractivity (Wildman–Crippen MR) is 87.3 cm³/mol. The maximum atomic E-state index is 12.5. The van der Waals surface area contributed by atoms with Crippen molar-refractivity contribution < 1.29 is 14.7 Å². The molecular weight excluding hydrogens is 402 g/mol. The minimum absolute atomic E-state index is 0.0276. The Morgan fingerprint density at radius 3 is 2.52 bits per heavy atom. The highest BCUT2D eigenvalue weighted by Crippen LogP contribution is 2.26. The molecule has 4 nitrogen and oxygen atoms in total. The summed E-state index contributed by atoms with van der Waals surface area (Å²) in [6.07, 6.45) is 2.68. The summed E-state index contributed by atoms with van der Waals surface area (Å²) in [6.45, 7) is 1.39. The number of hydrogen-bond acceptors (Lipinski definition) is 2. The van der Waals surface area contributed by atoms with E-state index in [1.54, 1.807) is 0 Å². The van der Waals surface area contributed by atoms with Crippen molar-refractivity contribution in [3.05, 3.63) is 32.7 Å². The molecule has 0 unspecified atom stereocenters. The summed E-state index contributed by atoms with van der Waals surface area (Å²) in [5, 5.41) is 8.72. The number of rotatable bonds is 4. The molecule has 0 saturated carbocycles. The van der Waals surface area contributed by atoms with Crippen molar-refractivity contribution in [2.45, 2.75) is 25.7 Å². The van der Waals surface area contributed by atoms with E-state index in [0.29, 0.717) is 31.0 Å². The minimum Gasteiger partial charge on any atom is -0.481 e. The van der Waals surface area contributed by atoms with Crippen LogP contribution < -0.4 is 0 Å². The number of carboxylic acid groups (broad SMARTS) is 1. The number of benzene rings is 1. The number of piperidine rings is 1. The number of amides is 1. The van der Waals surface area contributed by atoms with Gasteiger partial charge >= 0.3 is 5.97 Å². The van der Waals surface area contributed by atoms with E-state index in [1.165, 1.54) is 0 Å². The average molecular weight is 419 g/mol. The van der Waals surface area contributed by atoms with Crippen molar-refractivity contribution in [2.75, 3.05) is 13.1 Å². The summed E-state index contributed by atoms with van der Waals surface area (Å²) in [5.74, 6) is -0.303. The number of hydrogen-bond donors (Lipinski definition) is 1. The minimum atomic E-state index is -0.744. The van der Waals surface area contributed by atoms with Gasteiger partial charge in [-0.15, -0.1) is 0 Å².